The van der Waals surface area contributed by atoms with Crippen molar-refractivity contribution in [2.75, 3.05) is 48.4 Å². The molecule has 29 heavy (non-hydrogen) atoms. The molecule has 148 valence electrons. The van der Waals surface area contributed by atoms with Crippen molar-refractivity contribution in [3.05, 3.63) is 72.6 Å². The molecule has 0 bridgehead atoms. The molecule has 2 aromatic heterocycles. The van der Waals surface area contributed by atoms with Crippen LogP contribution in [0.2, 0.25) is 0 Å². The van der Waals surface area contributed by atoms with Crippen LogP contribution in [0.1, 0.15) is 10.4 Å². The van der Waals surface area contributed by atoms with Gasteiger partial charge in [0.2, 0.25) is 0 Å². The van der Waals surface area contributed by atoms with Gasteiger partial charge in [-0.3, -0.25) is 4.79 Å². The van der Waals surface area contributed by atoms with Crippen molar-refractivity contribution in [3.63, 3.8) is 0 Å². The number of anilines is 3. The highest BCUT2D eigenvalue weighted by Crippen LogP contribution is 2.19. The molecule has 1 N–H and O–H groups in total. The number of benzene rings is 1. The normalized spacial score (nSPS) is 13.8. The lowest BCUT2D eigenvalue weighted by molar-refractivity contribution is 0.102. The number of hydrogen-bond donors (Lipinski definition) is 1. The Kier molecular flexibility index (Phi) is 5.56. The van der Waals surface area contributed by atoms with E-state index in [-0.39, 0.29) is 5.91 Å². The average Bonchev–Trinajstić information content (AvgIpc) is 2.80. The molecule has 7 nitrogen and oxygen atoms in total. The molecule has 4 rings (SSSR count). The van der Waals surface area contributed by atoms with Crippen molar-refractivity contribution in [1.29, 1.82) is 0 Å². The summed E-state index contributed by atoms with van der Waals surface area (Å²) < 4.78 is 5.18. The minimum absolute atomic E-state index is 0.197. The molecule has 1 saturated heterocycles. The number of piperazine rings is 1. The summed E-state index contributed by atoms with van der Waals surface area (Å²) >= 11 is 0. The zero-order chi connectivity index (χ0) is 20.1. The second-order valence-corrected chi connectivity index (χ2v) is 6.75. The standard InChI is InChI=1S/C22H23N5O2/c1-29-19-6-4-5-18(15-19)25-22(28)17-8-9-21(24-16-17)27-13-11-26(12-14-27)20-7-2-3-10-23-20/h2-10,15-16H,11-14H2,1H3,(H,25,28). The number of methoxy groups -OCH3 is 1. The van der Waals surface area contributed by atoms with Crippen molar-refractivity contribution < 1.29 is 9.53 Å². The molecule has 1 fully saturated rings. The van der Waals surface area contributed by atoms with Gasteiger partial charge in [-0.2, -0.15) is 0 Å². The maximum absolute atomic E-state index is 12.5. The largest absolute Gasteiger partial charge is 0.497 e. The molecule has 1 amide bonds. The zero-order valence-electron chi connectivity index (χ0n) is 16.3. The van der Waals surface area contributed by atoms with Crippen LogP contribution in [-0.4, -0.2) is 49.2 Å². The molecule has 0 spiro atoms. The maximum Gasteiger partial charge on any atom is 0.257 e. The second-order valence-electron chi connectivity index (χ2n) is 6.75. The van der Waals surface area contributed by atoms with Gasteiger partial charge < -0.3 is 19.9 Å². The molecule has 3 aromatic rings. The van der Waals surface area contributed by atoms with Gasteiger partial charge in [0.15, 0.2) is 0 Å². The number of nitrogens with zero attached hydrogens (tertiary/aromatic N) is 4. The summed E-state index contributed by atoms with van der Waals surface area (Å²) in [4.78, 5) is 25.9. The molecule has 0 aliphatic carbocycles. The van der Waals surface area contributed by atoms with E-state index in [1.165, 1.54) is 0 Å². The predicted molar refractivity (Wildman–Crippen MR) is 114 cm³/mol. The van der Waals surface area contributed by atoms with Gasteiger partial charge in [-0.15, -0.1) is 0 Å². The number of amides is 1. The van der Waals surface area contributed by atoms with Gasteiger partial charge in [0, 0.05) is 50.3 Å². The Hall–Kier alpha value is -3.61. The summed E-state index contributed by atoms with van der Waals surface area (Å²) in [6, 6.07) is 16.9. The third-order valence-corrected chi connectivity index (χ3v) is 4.91. The number of carbonyl (C=O) groups excluding carboxylic acids is 1. The van der Waals surface area contributed by atoms with Crippen LogP contribution in [0, 0.1) is 0 Å². The molecule has 0 atom stereocenters. The first-order valence-corrected chi connectivity index (χ1v) is 9.55. The Morgan fingerprint density at radius 3 is 2.31 bits per heavy atom. The first-order chi connectivity index (χ1) is 14.2. The number of rotatable bonds is 5. The Balaban J connectivity index is 1.36. The van der Waals surface area contributed by atoms with E-state index in [0.717, 1.165) is 37.8 Å². The van der Waals surface area contributed by atoms with Crippen LogP contribution >= 0.6 is 0 Å². The fourth-order valence-corrected chi connectivity index (χ4v) is 3.32. The van der Waals surface area contributed by atoms with Crippen LogP contribution in [0.5, 0.6) is 5.75 Å². The van der Waals surface area contributed by atoms with E-state index < -0.39 is 0 Å². The second kappa shape index (κ2) is 8.60. The van der Waals surface area contributed by atoms with Gasteiger partial charge in [-0.1, -0.05) is 12.1 Å². The van der Waals surface area contributed by atoms with Crippen molar-refractivity contribution >= 4 is 23.2 Å². The monoisotopic (exact) mass is 389 g/mol. The molecule has 0 unspecified atom stereocenters. The summed E-state index contributed by atoms with van der Waals surface area (Å²) in [5, 5.41) is 2.87. The molecule has 0 saturated carbocycles. The van der Waals surface area contributed by atoms with Crippen LogP contribution in [0.4, 0.5) is 17.3 Å². The van der Waals surface area contributed by atoms with Crippen LogP contribution in [0.15, 0.2) is 67.0 Å². The van der Waals surface area contributed by atoms with Crippen LogP contribution < -0.4 is 19.9 Å². The van der Waals surface area contributed by atoms with Crippen LogP contribution in [0.25, 0.3) is 0 Å². The summed E-state index contributed by atoms with van der Waals surface area (Å²) in [6.07, 6.45) is 3.44. The van der Waals surface area contributed by atoms with E-state index in [0.29, 0.717) is 17.0 Å². The lowest BCUT2D eigenvalue weighted by atomic mass is 10.2. The SMILES string of the molecule is COc1cccc(NC(=O)c2ccc(N3CCN(c4ccccn4)CC3)nc2)c1. The fraction of sp³-hybridized carbons (Fsp3) is 0.227. The molecule has 1 aliphatic heterocycles. The molecule has 3 heterocycles. The van der Waals surface area contributed by atoms with Crippen molar-refractivity contribution in [2.45, 2.75) is 0 Å². The van der Waals surface area contributed by atoms with Crippen molar-refractivity contribution in [1.82, 2.24) is 9.97 Å². The van der Waals surface area contributed by atoms with Gasteiger partial charge in [0.05, 0.1) is 12.7 Å². The summed E-state index contributed by atoms with van der Waals surface area (Å²) in [5.41, 5.74) is 1.20. The smallest absolute Gasteiger partial charge is 0.257 e. The van der Waals surface area contributed by atoms with Crippen molar-refractivity contribution in [2.24, 2.45) is 0 Å². The van der Waals surface area contributed by atoms with E-state index in [1.54, 1.807) is 19.4 Å². The molecule has 1 aromatic carbocycles. The van der Waals surface area contributed by atoms with Gasteiger partial charge in [0.25, 0.3) is 5.91 Å². The Labute approximate surface area is 170 Å². The first kappa shape index (κ1) is 18.7. The third-order valence-electron chi connectivity index (χ3n) is 4.91. The fourth-order valence-electron chi connectivity index (χ4n) is 3.32. The number of aromatic nitrogens is 2. The first-order valence-electron chi connectivity index (χ1n) is 9.55. The van der Waals surface area contributed by atoms with Crippen LogP contribution in [-0.2, 0) is 0 Å². The number of pyridine rings is 2. The quantitative estimate of drug-likeness (QED) is 0.723. The van der Waals surface area contributed by atoms with E-state index >= 15 is 0 Å². The molecular formula is C22H23N5O2. The van der Waals surface area contributed by atoms with Crippen LogP contribution in [0.3, 0.4) is 0 Å². The molecule has 0 radical (unpaired) electrons. The molecule has 7 heteroatoms. The lowest BCUT2D eigenvalue weighted by Gasteiger charge is -2.36. The van der Waals surface area contributed by atoms with E-state index in [4.69, 9.17) is 4.74 Å². The van der Waals surface area contributed by atoms with Gasteiger partial charge in [0.1, 0.15) is 17.4 Å². The van der Waals surface area contributed by atoms with Gasteiger partial charge in [-0.25, -0.2) is 9.97 Å². The summed E-state index contributed by atoms with van der Waals surface area (Å²) in [7, 11) is 1.60. The van der Waals surface area contributed by atoms with E-state index in [1.807, 2.05) is 54.7 Å². The van der Waals surface area contributed by atoms with Crippen molar-refractivity contribution in [3.8, 4) is 5.75 Å². The van der Waals surface area contributed by atoms with Gasteiger partial charge >= 0.3 is 0 Å². The Bertz CT molecular complexity index is 954. The number of carbonyl (C=O) groups is 1. The predicted octanol–water partition coefficient (Wildman–Crippen LogP) is 3.06. The minimum Gasteiger partial charge on any atom is -0.497 e. The Morgan fingerprint density at radius 2 is 1.69 bits per heavy atom. The number of ether oxygens (including phenoxy) is 1. The summed E-state index contributed by atoms with van der Waals surface area (Å²) in [6.45, 7) is 3.49. The van der Waals surface area contributed by atoms with E-state index in [2.05, 4.69) is 25.1 Å². The third kappa shape index (κ3) is 4.45. The molecular weight excluding hydrogens is 366 g/mol. The summed E-state index contributed by atoms with van der Waals surface area (Å²) in [5.74, 6) is 2.38. The van der Waals surface area contributed by atoms with Gasteiger partial charge in [-0.05, 0) is 36.4 Å². The highest BCUT2D eigenvalue weighted by Gasteiger charge is 2.19. The maximum atomic E-state index is 12.5. The Morgan fingerprint density at radius 1 is 0.931 bits per heavy atom. The minimum atomic E-state index is -0.197. The topological polar surface area (TPSA) is 70.6 Å². The average molecular weight is 389 g/mol. The van der Waals surface area contributed by atoms with E-state index in [9.17, 15) is 4.79 Å². The zero-order valence-corrected chi connectivity index (χ0v) is 16.3. The highest BCUT2D eigenvalue weighted by molar-refractivity contribution is 6.04. The lowest BCUT2D eigenvalue weighted by Crippen LogP contribution is -2.47. The molecule has 1 aliphatic rings. The number of nitrogens with one attached hydrogen (secondary N) is 1. The number of hydrogen-bond acceptors (Lipinski definition) is 6. The highest BCUT2D eigenvalue weighted by atomic mass is 16.5.